The van der Waals surface area contributed by atoms with Gasteiger partial charge in [-0.2, -0.15) is 0 Å². The predicted molar refractivity (Wildman–Crippen MR) is 62.0 cm³/mol. The van der Waals surface area contributed by atoms with Gasteiger partial charge in [-0.05, 0) is 36.5 Å². The molecule has 0 spiro atoms. The second-order valence-corrected chi connectivity index (χ2v) is 3.76. The van der Waals surface area contributed by atoms with E-state index in [2.05, 4.69) is 4.98 Å². The number of aromatic nitrogens is 1. The van der Waals surface area contributed by atoms with Crippen LogP contribution in [-0.4, -0.2) is 18.2 Å². The van der Waals surface area contributed by atoms with E-state index in [0.29, 0.717) is 5.92 Å². The van der Waals surface area contributed by atoms with Gasteiger partial charge in [-0.25, -0.2) is 0 Å². The summed E-state index contributed by atoms with van der Waals surface area (Å²) in [4.78, 5) is 3.99. The molecule has 84 valence electrons. The highest BCUT2D eigenvalue weighted by atomic mass is 35.5. The highest BCUT2D eigenvalue weighted by Crippen LogP contribution is 2.27. The largest absolute Gasteiger partial charge is 0.381 e. The fourth-order valence-corrected chi connectivity index (χ4v) is 1.93. The van der Waals surface area contributed by atoms with Crippen LogP contribution < -0.4 is 5.73 Å². The normalized spacial score (nSPS) is 19.3. The minimum atomic E-state index is 0. The van der Waals surface area contributed by atoms with E-state index in [1.807, 2.05) is 12.1 Å². The third kappa shape index (κ3) is 3.16. The van der Waals surface area contributed by atoms with E-state index in [9.17, 15) is 0 Å². The highest BCUT2D eigenvalue weighted by Gasteiger charge is 2.21. The maximum absolute atomic E-state index is 6.19. The van der Waals surface area contributed by atoms with Crippen LogP contribution >= 0.6 is 12.4 Å². The quantitative estimate of drug-likeness (QED) is 0.842. The van der Waals surface area contributed by atoms with Gasteiger partial charge in [0.15, 0.2) is 0 Å². The van der Waals surface area contributed by atoms with Gasteiger partial charge in [-0.3, -0.25) is 4.98 Å². The predicted octanol–water partition coefficient (Wildman–Crippen LogP) is 1.93. The molecule has 2 heterocycles. The Morgan fingerprint density at radius 3 is 2.47 bits per heavy atom. The number of halogens is 1. The minimum Gasteiger partial charge on any atom is -0.381 e. The summed E-state index contributed by atoms with van der Waals surface area (Å²) < 4.78 is 5.32. The van der Waals surface area contributed by atoms with Crippen LogP contribution in [0.1, 0.15) is 24.4 Å². The first-order chi connectivity index (χ1) is 6.88. The Bertz CT molecular complexity index is 275. The first-order valence-electron chi connectivity index (χ1n) is 5.11. The first kappa shape index (κ1) is 12.4. The number of nitrogens with two attached hydrogens (primary N) is 1. The lowest BCUT2D eigenvalue weighted by Gasteiger charge is -2.27. The number of hydrogen-bond donors (Lipinski definition) is 1. The van der Waals surface area contributed by atoms with Crippen molar-refractivity contribution >= 4 is 12.4 Å². The molecule has 0 aliphatic carbocycles. The van der Waals surface area contributed by atoms with E-state index in [4.69, 9.17) is 10.5 Å². The van der Waals surface area contributed by atoms with Crippen LogP contribution in [0.4, 0.5) is 0 Å². The van der Waals surface area contributed by atoms with Gasteiger partial charge in [-0.1, -0.05) is 0 Å². The minimum absolute atomic E-state index is 0. The summed E-state index contributed by atoms with van der Waals surface area (Å²) in [5, 5.41) is 0. The molecule has 1 aliphatic heterocycles. The number of pyridine rings is 1. The third-order valence-electron chi connectivity index (χ3n) is 2.86. The number of hydrogen-bond acceptors (Lipinski definition) is 3. The number of nitrogens with zero attached hydrogens (tertiary/aromatic N) is 1. The summed E-state index contributed by atoms with van der Waals surface area (Å²) in [5.74, 6) is 0.561. The van der Waals surface area contributed by atoms with Crippen LogP contribution in [0.3, 0.4) is 0 Å². The Balaban J connectivity index is 0.00000112. The lowest BCUT2D eigenvalue weighted by atomic mass is 9.88. The lowest BCUT2D eigenvalue weighted by Crippen LogP contribution is -2.27. The summed E-state index contributed by atoms with van der Waals surface area (Å²) in [6.07, 6.45) is 5.75. The molecule has 0 saturated carbocycles. The second kappa shape index (κ2) is 6.05. The van der Waals surface area contributed by atoms with Crippen LogP contribution in [0.15, 0.2) is 24.5 Å². The van der Waals surface area contributed by atoms with E-state index in [0.717, 1.165) is 26.1 Å². The standard InChI is InChI=1S/C11H16N2O.ClH/c12-11(9-1-5-13-6-2-9)10-3-7-14-8-4-10;/h1-2,5-6,10-11H,3-4,7-8,12H2;1H. The summed E-state index contributed by atoms with van der Waals surface area (Å²) >= 11 is 0. The summed E-state index contributed by atoms with van der Waals surface area (Å²) in [7, 11) is 0. The van der Waals surface area contributed by atoms with E-state index in [-0.39, 0.29) is 18.4 Å². The average molecular weight is 229 g/mol. The van der Waals surface area contributed by atoms with Crippen LogP contribution in [0.25, 0.3) is 0 Å². The second-order valence-electron chi connectivity index (χ2n) is 3.76. The van der Waals surface area contributed by atoms with E-state index in [1.165, 1.54) is 5.56 Å². The molecule has 3 nitrogen and oxygen atoms in total. The molecule has 2 rings (SSSR count). The molecule has 0 radical (unpaired) electrons. The van der Waals surface area contributed by atoms with Crippen molar-refractivity contribution in [1.29, 1.82) is 0 Å². The molecule has 2 N–H and O–H groups in total. The topological polar surface area (TPSA) is 48.1 Å². The van der Waals surface area contributed by atoms with Crippen molar-refractivity contribution < 1.29 is 4.74 Å². The Morgan fingerprint density at radius 2 is 1.87 bits per heavy atom. The van der Waals surface area contributed by atoms with Crippen molar-refractivity contribution in [2.75, 3.05) is 13.2 Å². The van der Waals surface area contributed by atoms with Crippen LogP contribution in [0.2, 0.25) is 0 Å². The molecule has 1 unspecified atom stereocenters. The molecular weight excluding hydrogens is 212 g/mol. The van der Waals surface area contributed by atoms with Crippen molar-refractivity contribution in [3.05, 3.63) is 30.1 Å². The smallest absolute Gasteiger partial charge is 0.0469 e. The van der Waals surface area contributed by atoms with Crippen molar-refractivity contribution in [2.24, 2.45) is 11.7 Å². The van der Waals surface area contributed by atoms with Gasteiger partial charge in [0.1, 0.15) is 0 Å². The highest BCUT2D eigenvalue weighted by molar-refractivity contribution is 5.85. The molecular formula is C11H17ClN2O. The summed E-state index contributed by atoms with van der Waals surface area (Å²) in [5.41, 5.74) is 7.37. The first-order valence-corrected chi connectivity index (χ1v) is 5.11. The molecule has 1 saturated heterocycles. The SMILES string of the molecule is Cl.NC(c1ccncc1)C1CCOCC1. The van der Waals surface area contributed by atoms with Gasteiger partial charge in [-0.15, -0.1) is 12.4 Å². The summed E-state index contributed by atoms with van der Waals surface area (Å²) in [6, 6.07) is 4.14. The zero-order valence-corrected chi connectivity index (χ0v) is 9.45. The molecule has 0 aromatic carbocycles. The maximum Gasteiger partial charge on any atom is 0.0469 e. The Labute approximate surface area is 96.4 Å². The molecule has 0 bridgehead atoms. The molecule has 0 amide bonds. The van der Waals surface area contributed by atoms with Gasteiger partial charge in [0.2, 0.25) is 0 Å². The van der Waals surface area contributed by atoms with E-state index in [1.54, 1.807) is 12.4 Å². The number of rotatable bonds is 2. The molecule has 1 aliphatic rings. The van der Waals surface area contributed by atoms with Crippen LogP contribution in [0, 0.1) is 5.92 Å². The third-order valence-corrected chi connectivity index (χ3v) is 2.86. The Kier molecular flexibility index (Phi) is 5.02. The molecule has 1 aromatic rings. The van der Waals surface area contributed by atoms with E-state index < -0.39 is 0 Å². The number of ether oxygens (including phenoxy) is 1. The molecule has 1 fully saturated rings. The molecule has 4 heteroatoms. The zero-order chi connectivity index (χ0) is 9.80. The Morgan fingerprint density at radius 1 is 1.27 bits per heavy atom. The van der Waals surface area contributed by atoms with Gasteiger partial charge in [0, 0.05) is 31.6 Å². The fourth-order valence-electron chi connectivity index (χ4n) is 1.93. The van der Waals surface area contributed by atoms with Gasteiger partial charge >= 0.3 is 0 Å². The fraction of sp³-hybridized carbons (Fsp3) is 0.545. The lowest BCUT2D eigenvalue weighted by molar-refractivity contribution is 0.0584. The van der Waals surface area contributed by atoms with Crippen molar-refractivity contribution in [3.8, 4) is 0 Å². The van der Waals surface area contributed by atoms with Crippen LogP contribution in [-0.2, 0) is 4.74 Å². The van der Waals surface area contributed by atoms with Gasteiger partial charge in [0.25, 0.3) is 0 Å². The zero-order valence-electron chi connectivity index (χ0n) is 8.63. The Hall–Kier alpha value is -0.640. The van der Waals surface area contributed by atoms with Crippen LogP contribution in [0.5, 0.6) is 0 Å². The van der Waals surface area contributed by atoms with Gasteiger partial charge in [0.05, 0.1) is 0 Å². The summed E-state index contributed by atoms with van der Waals surface area (Å²) in [6.45, 7) is 1.70. The maximum atomic E-state index is 6.19. The monoisotopic (exact) mass is 228 g/mol. The molecule has 1 atom stereocenters. The average Bonchev–Trinajstić information content (AvgIpc) is 2.30. The van der Waals surface area contributed by atoms with Crippen molar-refractivity contribution in [2.45, 2.75) is 18.9 Å². The molecule has 15 heavy (non-hydrogen) atoms. The van der Waals surface area contributed by atoms with Crippen molar-refractivity contribution in [1.82, 2.24) is 4.98 Å². The van der Waals surface area contributed by atoms with Gasteiger partial charge < -0.3 is 10.5 Å². The molecule has 1 aromatic heterocycles. The van der Waals surface area contributed by atoms with E-state index >= 15 is 0 Å². The van der Waals surface area contributed by atoms with Crippen molar-refractivity contribution in [3.63, 3.8) is 0 Å².